The van der Waals surface area contributed by atoms with Crippen LogP contribution < -0.4 is 10.6 Å². The maximum atomic E-state index is 13.4. The van der Waals surface area contributed by atoms with Crippen molar-refractivity contribution in [2.75, 3.05) is 17.2 Å². The molecule has 0 amide bonds. The van der Waals surface area contributed by atoms with Gasteiger partial charge in [-0.1, -0.05) is 6.07 Å². The molecule has 1 aromatic carbocycles. The second-order valence-electron chi connectivity index (χ2n) is 4.64. The maximum Gasteiger partial charge on any atom is 0.226 e. The average molecular weight is 286 g/mol. The predicted octanol–water partition coefficient (Wildman–Crippen LogP) is 2.98. The van der Waals surface area contributed by atoms with Crippen LogP contribution >= 0.6 is 0 Å². The van der Waals surface area contributed by atoms with Gasteiger partial charge in [-0.25, -0.2) is 4.39 Å². The van der Waals surface area contributed by atoms with Gasteiger partial charge in [0.15, 0.2) is 5.65 Å². The van der Waals surface area contributed by atoms with Crippen molar-refractivity contribution < 1.29 is 4.39 Å². The van der Waals surface area contributed by atoms with E-state index < -0.39 is 0 Å². The van der Waals surface area contributed by atoms with Gasteiger partial charge in [0.05, 0.1) is 11.6 Å². The molecule has 0 saturated carbocycles. The summed E-state index contributed by atoms with van der Waals surface area (Å²) in [6, 6.07) is 4.59. The van der Waals surface area contributed by atoms with Gasteiger partial charge in [0.2, 0.25) is 5.95 Å². The molecular formula is C14H15FN6. The van der Waals surface area contributed by atoms with Crippen LogP contribution in [0.5, 0.6) is 0 Å². The third kappa shape index (κ3) is 2.62. The van der Waals surface area contributed by atoms with Crippen molar-refractivity contribution in [3.8, 4) is 0 Å². The summed E-state index contributed by atoms with van der Waals surface area (Å²) in [5, 5.41) is 13.7. The van der Waals surface area contributed by atoms with Crippen LogP contribution in [-0.4, -0.2) is 26.7 Å². The van der Waals surface area contributed by atoms with Crippen molar-refractivity contribution in [3.63, 3.8) is 0 Å². The Labute approximate surface area is 120 Å². The molecule has 2 aromatic heterocycles. The van der Waals surface area contributed by atoms with Crippen LogP contribution in [-0.2, 0) is 0 Å². The number of anilines is 3. The lowest BCUT2D eigenvalue weighted by molar-refractivity contribution is 0.628. The van der Waals surface area contributed by atoms with E-state index in [1.165, 1.54) is 12.1 Å². The molecule has 0 aliphatic rings. The Balaban J connectivity index is 2.06. The van der Waals surface area contributed by atoms with Gasteiger partial charge in [-0.15, -0.1) is 0 Å². The van der Waals surface area contributed by atoms with Crippen LogP contribution in [0, 0.1) is 12.7 Å². The second-order valence-corrected chi connectivity index (χ2v) is 4.64. The quantitative estimate of drug-likeness (QED) is 0.687. The molecule has 6 nitrogen and oxygen atoms in total. The molecule has 0 aliphatic carbocycles. The Kier molecular flexibility index (Phi) is 3.39. The molecule has 3 N–H and O–H groups in total. The molecule has 7 heteroatoms. The first-order chi connectivity index (χ1) is 10.2. The smallest absolute Gasteiger partial charge is 0.226 e. The highest BCUT2D eigenvalue weighted by molar-refractivity contribution is 5.89. The Morgan fingerprint density at radius 2 is 2.14 bits per heavy atom. The lowest BCUT2D eigenvalue weighted by atomic mass is 10.2. The molecule has 0 bridgehead atoms. The fourth-order valence-corrected chi connectivity index (χ4v) is 2.02. The number of halogens is 1. The summed E-state index contributed by atoms with van der Waals surface area (Å²) in [7, 11) is 0. The molecule has 0 fully saturated rings. The summed E-state index contributed by atoms with van der Waals surface area (Å²) >= 11 is 0. The third-order valence-electron chi connectivity index (χ3n) is 3.10. The van der Waals surface area contributed by atoms with Crippen molar-refractivity contribution in [1.29, 1.82) is 0 Å². The van der Waals surface area contributed by atoms with Gasteiger partial charge < -0.3 is 10.6 Å². The molecule has 21 heavy (non-hydrogen) atoms. The number of aryl methyl sites for hydroxylation is 1. The number of hydrogen-bond donors (Lipinski definition) is 3. The summed E-state index contributed by atoms with van der Waals surface area (Å²) in [6.45, 7) is 4.57. The van der Waals surface area contributed by atoms with E-state index in [2.05, 4.69) is 30.8 Å². The van der Waals surface area contributed by atoms with Gasteiger partial charge in [-0.05, 0) is 31.5 Å². The van der Waals surface area contributed by atoms with Crippen LogP contribution in [0.4, 0.5) is 21.8 Å². The standard InChI is InChI=1S/C14H15FN6/c1-3-16-14-19-12(10-7-17-21-13(10)20-14)18-11-6-9(15)5-4-8(11)2/h4-7H,3H2,1-2H3,(H3,16,17,18,19,20,21). The maximum absolute atomic E-state index is 13.4. The highest BCUT2D eigenvalue weighted by Gasteiger charge is 2.11. The fraction of sp³-hybridized carbons (Fsp3) is 0.214. The summed E-state index contributed by atoms with van der Waals surface area (Å²) in [5.41, 5.74) is 2.22. The molecule has 2 heterocycles. The van der Waals surface area contributed by atoms with Gasteiger partial charge in [0, 0.05) is 12.2 Å². The van der Waals surface area contributed by atoms with E-state index in [4.69, 9.17) is 0 Å². The molecular weight excluding hydrogens is 271 g/mol. The number of rotatable bonds is 4. The molecule has 108 valence electrons. The number of hydrogen-bond acceptors (Lipinski definition) is 5. The molecule has 3 rings (SSSR count). The first-order valence-electron chi connectivity index (χ1n) is 6.65. The van der Waals surface area contributed by atoms with Crippen molar-refractivity contribution in [1.82, 2.24) is 20.2 Å². The number of aromatic nitrogens is 4. The zero-order chi connectivity index (χ0) is 14.8. The lowest BCUT2D eigenvalue weighted by Crippen LogP contribution is -2.05. The summed E-state index contributed by atoms with van der Waals surface area (Å²) in [6.07, 6.45) is 1.64. The van der Waals surface area contributed by atoms with E-state index in [-0.39, 0.29) is 5.82 Å². The van der Waals surface area contributed by atoms with E-state index in [1.54, 1.807) is 12.3 Å². The Hall–Kier alpha value is -2.70. The number of nitrogens with zero attached hydrogens (tertiary/aromatic N) is 3. The predicted molar refractivity (Wildman–Crippen MR) is 80.3 cm³/mol. The minimum absolute atomic E-state index is 0.299. The van der Waals surface area contributed by atoms with Crippen LogP contribution in [0.3, 0.4) is 0 Å². The first kappa shape index (κ1) is 13.3. The van der Waals surface area contributed by atoms with Gasteiger partial charge in [-0.3, -0.25) is 5.10 Å². The van der Waals surface area contributed by atoms with E-state index in [0.717, 1.165) is 10.9 Å². The number of aromatic amines is 1. The van der Waals surface area contributed by atoms with Crippen LogP contribution in [0.1, 0.15) is 12.5 Å². The van der Waals surface area contributed by atoms with Crippen molar-refractivity contribution >= 4 is 28.5 Å². The van der Waals surface area contributed by atoms with Crippen molar-refractivity contribution in [2.45, 2.75) is 13.8 Å². The van der Waals surface area contributed by atoms with Gasteiger partial charge in [0.1, 0.15) is 11.6 Å². The lowest BCUT2D eigenvalue weighted by Gasteiger charge is -2.11. The highest BCUT2D eigenvalue weighted by Crippen LogP contribution is 2.26. The first-order valence-corrected chi connectivity index (χ1v) is 6.65. The molecule has 3 aromatic rings. The SMILES string of the molecule is CCNc1nc(Nc2cc(F)ccc2C)c2cn[nH]c2n1. The zero-order valence-corrected chi connectivity index (χ0v) is 11.7. The Morgan fingerprint density at radius 1 is 1.29 bits per heavy atom. The van der Waals surface area contributed by atoms with Gasteiger partial charge >= 0.3 is 0 Å². The number of H-pyrrole nitrogens is 1. The normalized spacial score (nSPS) is 10.8. The van der Waals surface area contributed by atoms with E-state index >= 15 is 0 Å². The monoisotopic (exact) mass is 286 g/mol. The largest absolute Gasteiger partial charge is 0.354 e. The summed E-state index contributed by atoms with van der Waals surface area (Å²) < 4.78 is 13.4. The van der Waals surface area contributed by atoms with Crippen LogP contribution in [0.2, 0.25) is 0 Å². The minimum atomic E-state index is -0.299. The Morgan fingerprint density at radius 3 is 2.95 bits per heavy atom. The fourth-order valence-electron chi connectivity index (χ4n) is 2.02. The molecule has 0 radical (unpaired) electrons. The van der Waals surface area contributed by atoms with E-state index in [9.17, 15) is 4.39 Å². The second kappa shape index (κ2) is 5.35. The highest BCUT2D eigenvalue weighted by atomic mass is 19.1. The van der Waals surface area contributed by atoms with Gasteiger partial charge in [-0.2, -0.15) is 15.1 Å². The molecule has 0 unspecified atom stereocenters. The van der Waals surface area contributed by atoms with Gasteiger partial charge in [0.25, 0.3) is 0 Å². The van der Waals surface area contributed by atoms with E-state index in [0.29, 0.717) is 29.6 Å². The number of fused-ring (bicyclic) bond motifs is 1. The molecule has 0 atom stereocenters. The number of benzene rings is 1. The zero-order valence-electron chi connectivity index (χ0n) is 11.7. The summed E-state index contributed by atoms with van der Waals surface area (Å²) in [4.78, 5) is 8.73. The topological polar surface area (TPSA) is 78.5 Å². The third-order valence-corrected chi connectivity index (χ3v) is 3.10. The van der Waals surface area contributed by atoms with E-state index in [1.807, 2.05) is 13.8 Å². The van der Waals surface area contributed by atoms with Crippen molar-refractivity contribution in [2.24, 2.45) is 0 Å². The molecule has 0 spiro atoms. The summed E-state index contributed by atoms with van der Waals surface area (Å²) in [5.74, 6) is 0.775. The van der Waals surface area contributed by atoms with Crippen LogP contribution in [0.25, 0.3) is 11.0 Å². The average Bonchev–Trinajstić information content (AvgIpc) is 2.92. The van der Waals surface area contributed by atoms with Crippen molar-refractivity contribution in [3.05, 3.63) is 35.8 Å². The minimum Gasteiger partial charge on any atom is -0.354 e. The Bertz CT molecular complexity index is 782. The molecule has 0 saturated heterocycles. The molecule has 0 aliphatic heterocycles. The van der Waals surface area contributed by atoms with Crippen LogP contribution in [0.15, 0.2) is 24.4 Å². The number of nitrogens with one attached hydrogen (secondary N) is 3.